The van der Waals surface area contributed by atoms with Crippen molar-refractivity contribution in [1.29, 1.82) is 0 Å². The predicted octanol–water partition coefficient (Wildman–Crippen LogP) is 3.78. The van der Waals surface area contributed by atoms with Gasteiger partial charge in [0.2, 0.25) is 0 Å². The maximum absolute atomic E-state index is 4.04. The van der Waals surface area contributed by atoms with Crippen LogP contribution in [0.1, 0.15) is 77.0 Å². The Bertz CT molecular complexity index is 205. The quantitative estimate of drug-likeness (QED) is 0.637. The molecule has 5 rings (SSSR count). The van der Waals surface area contributed by atoms with Gasteiger partial charge >= 0.3 is 0 Å². The summed E-state index contributed by atoms with van der Waals surface area (Å²) >= 11 is 0. The van der Waals surface area contributed by atoms with Gasteiger partial charge in [0.15, 0.2) is 0 Å². The van der Waals surface area contributed by atoms with Crippen LogP contribution < -0.4 is 5.32 Å². The van der Waals surface area contributed by atoms with Crippen LogP contribution in [-0.4, -0.2) is 11.1 Å². The van der Waals surface area contributed by atoms with Gasteiger partial charge in [0, 0.05) is 11.1 Å². The fourth-order valence-electron chi connectivity index (χ4n) is 4.43. The summed E-state index contributed by atoms with van der Waals surface area (Å²) in [5.41, 5.74) is 1.21. The molecule has 3 heterocycles. The van der Waals surface area contributed by atoms with Gasteiger partial charge in [-0.2, -0.15) is 0 Å². The van der Waals surface area contributed by atoms with Crippen LogP contribution in [0.25, 0.3) is 0 Å². The molecule has 3 aliphatic heterocycles. The van der Waals surface area contributed by atoms with E-state index in [0.717, 1.165) is 0 Å². The van der Waals surface area contributed by atoms with E-state index in [4.69, 9.17) is 0 Å². The van der Waals surface area contributed by atoms with Crippen LogP contribution >= 0.6 is 0 Å². The lowest BCUT2D eigenvalue weighted by Gasteiger charge is -2.58. The lowest BCUT2D eigenvalue weighted by molar-refractivity contribution is 0.0256. The topological polar surface area (TPSA) is 12.0 Å². The lowest BCUT2D eigenvalue weighted by Crippen LogP contribution is -2.70. The minimum Gasteiger partial charge on any atom is -0.306 e. The molecule has 0 radical (unpaired) electrons. The Morgan fingerprint density at radius 1 is 0.533 bits per heavy atom. The number of hydrogen-bond donors (Lipinski definition) is 1. The molecule has 5 fully saturated rings. The summed E-state index contributed by atoms with van der Waals surface area (Å²) in [7, 11) is 0. The van der Waals surface area contributed by atoms with Crippen LogP contribution in [0, 0.1) is 0 Å². The Kier molecular flexibility index (Phi) is 2.54. The highest BCUT2D eigenvalue weighted by molar-refractivity contribution is 5.14. The van der Waals surface area contributed by atoms with Gasteiger partial charge in [-0.05, 0) is 32.1 Å². The molecule has 0 aromatic carbocycles. The molecule has 3 saturated heterocycles. The molecule has 2 saturated carbocycles. The standard InChI is InChI=1S/C14H25N/c1-2-4-8-13-10-6-7-11-14(12-13,15-13)9-5-3-1/h15H,1-12H2. The second kappa shape index (κ2) is 3.76. The minimum atomic E-state index is 0.605. The van der Waals surface area contributed by atoms with E-state index in [0.29, 0.717) is 11.1 Å². The van der Waals surface area contributed by atoms with Crippen molar-refractivity contribution < 1.29 is 0 Å². The largest absolute Gasteiger partial charge is 0.306 e. The smallest absolute Gasteiger partial charge is 0.0204 e. The molecule has 86 valence electrons. The molecular formula is C14H25N. The third kappa shape index (κ3) is 1.84. The summed E-state index contributed by atoms with van der Waals surface area (Å²) in [6.45, 7) is 0. The summed E-state index contributed by atoms with van der Waals surface area (Å²) in [6, 6.07) is 0. The van der Waals surface area contributed by atoms with Gasteiger partial charge in [-0.15, -0.1) is 0 Å². The van der Waals surface area contributed by atoms with E-state index in [9.17, 15) is 0 Å². The first-order chi connectivity index (χ1) is 7.33. The third-order valence-electron chi connectivity index (χ3n) is 5.08. The first kappa shape index (κ1) is 10.1. The first-order valence-electron chi connectivity index (χ1n) is 7.12. The molecule has 0 spiro atoms. The van der Waals surface area contributed by atoms with E-state index >= 15 is 0 Å². The summed E-state index contributed by atoms with van der Waals surface area (Å²) < 4.78 is 0. The second-order valence-electron chi connectivity index (χ2n) is 6.34. The van der Waals surface area contributed by atoms with E-state index in [2.05, 4.69) is 5.32 Å². The molecule has 15 heavy (non-hydrogen) atoms. The van der Waals surface area contributed by atoms with E-state index in [1.54, 1.807) is 0 Å². The van der Waals surface area contributed by atoms with Crippen LogP contribution in [0.5, 0.6) is 0 Å². The normalized spacial score (nSPS) is 46.4. The Labute approximate surface area is 94.0 Å². The maximum Gasteiger partial charge on any atom is 0.0204 e. The zero-order chi connectivity index (χ0) is 10.2. The number of hydrogen-bond acceptors (Lipinski definition) is 1. The van der Waals surface area contributed by atoms with Crippen LogP contribution in [0.3, 0.4) is 0 Å². The average Bonchev–Trinajstić information content (AvgIpc) is 2.47. The lowest BCUT2D eigenvalue weighted by atomic mass is 9.65. The van der Waals surface area contributed by atoms with E-state index in [1.165, 1.54) is 77.0 Å². The van der Waals surface area contributed by atoms with E-state index < -0.39 is 0 Å². The molecular weight excluding hydrogens is 182 g/mol. The highest BCUT2D eigenvalue weighted by Crippen LogP contribution is 2.49. The van der Waals surface area contributed by atoms with Gasteiger partial charge in [-0.1, -0.05) is 44.9 Å². The summed E-state index contributed by atoms with van der Waals surface area (Å²) in [6.07, 6.45) is 17.8. The Hall–Kier alpha value is -0.0400. The number of rotatable bonds is 0. The molecule has 1 nitrogen and oxygen atoms in total. The van der Waals surface area contributed by atoms with Gasteiger partial charge in [0.25, 0.3) is 0 Å². The van der Waals surface area contributed by atoms with Crippen LogP contribution in [-0.2, 0) is 0 Å². The van der Waals surface area contributed by atoms with Gasteiger partial charge in [-0.3, -0.25) is 0 Å². The van der Waals surface area contributed by atoms with Crippen LogP contribution in [0.4, 0.5) is 0 Å². The van der Waals surface area contributed by atoms with Crippen molar-refractivity contribution in [2.45, 2.75) is 88.1 Å². The molecule has 0 aromatic rings. The van der Waals surface area contributed by atoms with Gasteiger partial charge in [0.1, 0.15) is 0 Å². The number of fused-ring (bicyclic) bond motifs is 9. The van der Waals surface area contributed by atoms with Crippen molar-refractivity contribution >= 4 is 0 Å². The third-order valence-corrected chi connectivity index (χ3v) is 5.08. The molecule has 0 aromatic heterocycles. The second-order valence-corrected chi connectivity index (χ2v) is 6.34. The van der Waals surface area contributed by atoms with Gasteiger partial charge in [0.05, 0.1) is 0 Å². The molecule has 1 heteroatoms. The Morgan fingerprint density at radius 2 is 0.867 bits per heavy atom. The monoisotopic (exact) mass is 207 g/mol. The maximum atomic E-state index is 4.04. The Balaban J connectivity index is 1.74. The van der Waals surface area contributed by atoms with Crippen molar-refractivity contribution in [3.8, 4) is 0 Å². The average molecular weight is 207 g/mol. The Morgan fingerprint density at radius 3 is 1.33 bits per heavy atom. The van der Waals surface area contributed by atoms with Crippen molar-refractivity contribution in [1.82, 2.24) is 5.32 Å². The molecule has 5 aliphatic rings. The molecule has 2 unspecified atom stereocenters. The van der Waals surface area contributed by atoms with Crippen molar-refractivity contribution in [3.05, 3.63) is 0 Å². The summed E-state index contributed by atoms with van der Waals surface area (Å²) in [4.78, 5) is 0. The predicted molar refractivity (Wildman–Crippen MR) is 64.0 cm³/mol. The van der Waals surface area contributed by atoms with Crippen molar-refractivity contribution in [3.63, 3.8) is 0 Å². The minimum absolute atomic E-state index is 0.605. The molecule has 2 bridgehead atoms. The van der Waals surface area contributed by atoms with Crippen LogP contribution in [0.15, 0.2) is 0 Å². The van der Waals surface area contributed by atoms with E-state index in [-0.39, 0.29) is 0 Å². The molecule has 2 atom stereocenters. The first-order valence-corrected chi connectivity index (χ1v) is 7.12. The zero-order valence-electron chi connectivity index (χ0n) is 9.99. The van der Waals surface area contributed by atoms with Crippen LogP contribution in [0.2, 0.25) is 0 Å². The summed E-state index contributed by atoms with van der Waals surface area (Å²) in [5.74, 6) is 0. The highest BCUT2D eigenvalue weighted by Gasteiger charge is 2.53. The van der Waals surface area contributed by atoms with Crippen molar-refractivity contribution in [2.75, 3.05) is 0 Å². The SMILES string of the molecule is C1CCCC23CCCCC(CCC1)(C2)N3. The molecule has 2 aliphatic carbocycles. The fourth-order valence-corrected chi connectivity index (χ4v) is 4.43. The van der Waals surface area contributed by atoms with E-state index in [1.807, 2.05) is 0 Å². The number of nitrogens with one attached hydrogen (secondary N) is 1. The highest BCUT2D eigenvalue weighted by atomic mass is 15.1. The van der Waals surface area contributed by atoms with Crippen molar-refractivity contribution in [2.24, 2.45) is 0 Å². The van der Waals surface area contributed by atoms with Gasteiger partial charge < -0.3 is 5.32 Å². The zero-order valence-corrected chi connectivity index (χ0v) is 9.99. The molecule has 1 N–H and O–H groups in total. The molecule has 0 amide bonds. The fraction of sp³-hybridized carbons (Fsp3) is 1.00. The van der Waals surface area contributed by atoms with Gasteiger partial charge in [-0.25, -0.2) is 0 Å². The summed E-state index contributed by atoms with van der Waals surface area (Å²) in [5, 5.41) is 4.04.